The number of rotatable bonds is 6. The molecule has 1 atom stereocenters. The Morgan fingerprint density at radius 1 is 1.25 bits per heavy atom. The molecule has 0 radical (unpaired) electrons. The lowest BCUT2D eigenvalue weighted by Crippen LogP contribution is -2.42. The zero-order chi connectivity index (χ0) is 25.4. The molecule has 1 saturated carbocycles. The highest BCUT2D eigenvalue weighted by Gasteiger charge is 2.46. The summed E-state index contributed by atoms with van der Waals surface area (Å²) in [4.78, 5) is 34.7. The Hall–Kier alpha value is -3.79. The Balaban J connectivity index is 1.34. The summed E-state index contributed by atoms with van der Waals surface area (Å²) in [5.41, 5.74) is 8.66. The molecule has 0 unspecified atom stereocenters. The van der Waals surface area contributed by atoms with Crippen LogP contribution in [0.5, 0.6) is 0 Å². The van der Waals surface area contributed by atoms with E-state index < -0.39 is 11.4 Å². The topological polar surface area (TPSA) is 129 Å². The van der Waals surface area contributed by atoms with E-state index in [9.17, 15) is 9.59 Å². The highest BCUT2D eigenvalue weighted by molar-refractivity contribution is 6.37. The first kappa shape index (κ1) is 23.9. The molecule has 1 aromatic carbocycles. The predicted molar refractivity (Wildman–Crippen MR) is 136 cm³/mol. The molecule has 3 aromatic rings. The molecule has 2 aliphatic rings. The molecule has 0 spiro atoms. The van der Waals surface area contributed by atoms with E-state index in [1.165, 1.54) is 0 Å². The van der Waals surface area contributed by atoms with Gasteiger partial charge < -0.3 is 15.8 Å². The maximum Gasteiger partial charge on any atom is 0.287 e. The van der Waals surface area contributed by atoms with Crippen LogP contribution in [-0.2, 0) is 15.1 Å². The van der Waals surface area contributed by atoms with Crippen LogP contribution in [0.25, 0.3) is 11.1 Å². The number of nitrogens with two attached hydrogens (primary N) is 1. The van der Waals surface area contributed by atoms with Gasteiger partial charge in [-0.3, -0.25) is 14.2 Å². The highest BCUT2D eigenvalue weighted by Crippen LogP contribution is 2.45. The number of aromatic nitrogens is 4. The van der Waals surface area contributed by atoms with Crippen molar-refractivity contribution in [1.29, 1.82) is 0 Å². The lowest BCUT2D eigenvalue weighted by molar-refractivity contribution is -0.115. The van der Waals surface area contributed by atoms with Gasteiger partial charge in [0.2, 0.25) is 0 Å². The molecule has 36 heavy (non-hydrogen) atoms. The smallest absolute Gasteiger partial charge is 0.287 e. The summed E-state index contributed by atoms with van der Waals surface area (Å²) >= 11 is 0. The minimum absolute atomic E-state index is 0.0178. The summed E-state index contributed by atoms with van der Waals surface area (Å²) in [6.45, 7) is 7.06. The number of carbonyl (C=O) groups is 1. The molecule has 10 nitrogen and oxygen atoms in total. The molecule has 10 heteroatoms. The van der Waals surface area contributed by atoms with Crippen LogP contribution >= 0.6 is 0 Å². The first-order valence-electron chi connectivity index (χ1n) is 12.2. The van der Waals surface area contributed by atoms with Crippen LogP contribution in [0.15, 0.2) is 52.8 Å². The summed E-state index contributed by atoms with van der Waals surface area (Å²) in [6, 6.07) is 7.81. The number of nitrogens with zero attached hydrogens (tertiary/aromatic N) is 5. The van der Waals surface area contributed by atoms with E-state index >= 15 is 0 Å². The van der Waals surface area contributed by atoms with E-state index in [0.29, 0.717) is 24.6 Å². The summed E-state index contributed by atoms with van der Waals surface area (Å²) in [5, 5.41) is 7.38. The zero-order valence-electron chi connectivity index (χ0n) is 20.8. The third-order valence-electron chi connectivity index (χ3n) is 6.90. The quantitative estimate of drug-likeness (QED) is 0.405. The Morgan fingerprint density at radius 3 is 2.64 bits per heavy atom. The van der Waals surface area contributed by atoms with Gasteiger partial charge in [-0.1, -0.05) is 24.3 Å². The van der Waals surface area contributed by atoms with E-state index in [0.717, 1.165) is 36.0 Å². The number of amides is 1. The molecule has 0 bridgehead atoms. The lowest BCUT2D eigenvalue weighted by Gasteiger charge is -2.18. The van der Waals surface area contributed by atoms with Gasteiger partial charge in [0, 0.05) is 24.4 Å². The van der Waals surface area contributed by atoms with E-state index in [-0.39, 0.29) is 23.5 Å². The van der Waals surface area contributed by atoms with Gasteiger partial charge in [-0.15, -0.1) is 0 Å². The predicted octanol–water partition coefficient (Wildman–Crippen LogP) is 2.75. The maximum absolute atomic E-state index is 13.1. The SMILES string of the molecule is Cc1cnn(C(C)C)c1/N=C(\N)C(=O)NC1(c2ccc(-c3cncn([C@H]4CCOC4)c3=O)cc2)CC1. The number of aryl methyl sites for hydroxylation is 1. The maximum atomic E-state index is 13.1. The number of benzene rings is 1. The van der Waals surface area contributed by atoms with Gasteiger partial charge in [0.1, 0.15) is 0 Å². The molecule has 1 aliphatic carbocycles. The van der Waals surface area contributed by atoms with Crippen LogP contribution in [0.4, 0.5) is 5.82 Å². The highest BCUT2D eigenvalue weighted by atomic mass is 16.5. The van der Waals surface area contributed by atoms with Crippen molar-refractivity contribution >= 4 is 17.6 Å². The summed E-state index contributed by atoms with van der Waals surface area (Å²) < 4.78 is 8.83. The van der Waals surface area contributed by atoms with E-state index in [4.69, 9.17) is 10.5 Å². The van der Waals surface area contributed by atoms with Gasteiger partial charge >= 0.3 is 0 Å². The van der Waals surface area contributed by atoms with Crippen LogP contribution in [-0.4, -0.2) is 44.3 Å². The second-order valence-corrected chi connectivity index (χ2v) is 9.84. The largest absolute Gasteiger partial charge is 0.379 e. The van der Waals surface area contributed by atoms with Crippen molar-refractivity contribution in [2.45, 2.75) is 57.7 Å². The summed E-state index contributed by atoms with van der Waals surface area (Å²) in [5.74, 6) is 0.0646. The lowest BCUT2D eigenvalue weighted by atomic mass is 10.0. The van der Waals surface area contributed by atoms with Crippen LogP contribution in [0.2, 0.25) is 0 Å². The standard InChI is InChI=1S/C26H31N7O3/c1-16(2)33-23(17(3)12-29-33)30-22(27)24(34)31-26(9-10-26)19-6-4-18(5-7-19)21-13-28-15-32(25(21)35)20-8-11-36-14-20/h4-7,12-13,15-16,20H,8-11,14H2,1-3H3,(H2,27,30)(H,31,34)/t20-/m0/s1. The number of hydrogen-bond donors (Lipinski definition) is 2. The Kier molecular flexibility index (Phi) is 6.21. The normalized spacial score (nSPS) is 19.0. The summed E-state index contributed by atoms with van der Waals surface area (Å²) in [6.07, 6.45) is 7.30. The second-order valence-electron chi connectivity index (χ2n) is 9.84. The monoisotopic (exact) mass is 489 g/mol. The Labute approximate surface area is 209 Å². The molecular formula is C26H31N7O3. The first-order valence-corrected chi connectivity index (χ1v) is 12.2. The molecule has 1 amide bonds. The Morgan fingerprint density at radius 2 is 2.00 bits per heavy atom. The number of nitrogens with one attached hydrogen (secondary N) is 1. The van der Waals surface area contributed by atoms with Crippen LogP contribution < -0.4 is 16.6 Å². The van der Waals surface area contributed by atoms with Crippen molar-refractivity contribution in [3.8, 4) is 11.1 Å². The number of aliphatic imine (C=N–C) groups is 1. The molecule has 2 fully saturated rings. The fourth-order valence-electron chi connectivity index (χ4n) is 4.61. The number of carbonyl (C=O) groups excluding carboxylic acids is 1. The molecule has 3 heterocycles. The second kappa shape index (κ2) is 9.34. The molecule has 3 N–H and O–H groups in total. The molecule has 5 rings (SSSR count). The minimum atomic E-state index is -0.487. The molecule has 1 saturated heterocycles. The number of amidine groups is 1. The van der Waals surface area contributed by atoms with Crippen molar-refractivity contribution < 1.29 is 9.53 Å². The average Bonchev–Trinajstić information content (AvgIpc) is 3.26. The Bertz CT molecular complexity index is 1360. The average molecular weight is 490 g/mol. The fourth-order valence-corrected chi connectivity index (χ4v) is 4.61. The van der Waals surface area contributed by atoms with Gasteiger partial charge in [0.25, 0.3) is 11.5 Å². The minimum Gasteiger partial charge on any atom is -0.379 e. The molecule has 188 valence electrons. The number of ether oxygens (including phenoxy) is 1. The van der Waals surface area contributed by atoms with Crippen LogP contribution in [0, 0.1) is 6.92 Å². The van der Waals surface area contributed by atoms with Crippen molar-refractivity contribution in [2.75, 3.05) is 13.2 Å². The van der Waals surface area contributed by atoms with Crippen molar-refractivity contribution in [2.24, 2.45) is 10.7 Å². The van der Waals surface area contributed by atoms with Crippen molar-refractivity contribution in [1.82, 2.24) is 24.6 Å². The fraction of sp³-hybridized carbons (Fsp3) is 0.423. The van der Waals surface area contributed by atoms with E-state index in [1.54, 1.807) is 28.0 Å². The molecular weight excluding hydrogens is 458 g/mol. The van der Waals surface area contributed by atoms with Gasteiger partial charge in [-0.25, -0.2) is 14.7 Å². The number of hydrogen-bond acceptors (Lipinski definition) is 6. The van der Waals surface area contributed by atoms with Gasteiger partial charge in [0.15, 0.2) is 11.7 Å². The van der Waals surface area contributed by atoms with Gasteiger partial charge in [0.05, 0.1) is 36.3 Å². The van der Waals surface area contributed by atoms with Crippen molar-refractivity contribution in [3.63, 3.8) is 0 Å². The summed E-state index contributed by atoms with van der Waals surface area (Å²) in [7, 11) is 0. The third-order valence-corrected chi connectivity index (χ3v) is 6.90. The molecule has 2 aromatic heterocycles. The van der Waals surface area contributed by atoms with Crippen molar-refractivity contribution in [3.05, 3.63) is 64.5 Å². The van der Waals surface area contributed by atoms with Crippen LogP contribution in [0.1, 0.15) is 56.3 Å². The van der Waals surface area contributed by atoms with E-state index in [1.807, 2.05) is 45.0 Å². The van der Waals surface area contributed by atoms with Gasteiger partial charge in [-0.05, 0) is 51.2 Å². The first-order chi connectivity index (χ1) is 17.3. The van der Waals surface area contributed by atoms with E-state index in [2.05, 4.69) is 20.4 Å². The van der Waals surface area contributed by atoms with Crippen LogP contribution in [0.3, 0.4) is 0 Å². The van der Waals surface area contributed by atoms with Gasteiger partial charge in [-0.2, -0.15) is 5.10 Å². The zero-order valence-corrected chi connectivity index (χ0v) is 20.8. The molecule has 1 aliphatic heterocycles. The third kappa shape index (κ3) is 4.44.